The number of fused-ring (bicyclic) bond motifs is 1. The lowest BCUT2D eigenvalue weighted by molar-refractivity contribution is 0.0383. The summed E-state index contributed by atoms with van der Waals surface area (Å²) in [5.41, 5.74) is 1.89. The number of aliphatic hydroxyl groups excluding tert-OH is 1. The Hall–Kier alpha value is -2.16. The highest BCUT2D eigenvalue weighted by molar-refractivity contribution is 5.97. The number of H-pyrrole nitrogens is 1. The molecule has 0 radical (unpaired) electrons. The second-order valence-corrected chi connectivity index (χ2v) is 7.70. The van der Waals surface area contributed by atoms with Crippen molar-refractivity contribution in [2.45, 2.75) is 37.8 Å². The number of hydrogen-bond donors (Lipinski definition) is 3. The van der Waals surface area contributed by atoms with Crippen LogP contribution in [0, 0.1) is 0 Å². The van der Waals surface area contributed by atoms with Crippen LogP contribution in [0.15, 0.2) is 23.0 Å². The third kappa shape index (κ3) is 4.14. The van der Waals surface area contributed by atoms with Gasteiger partial charge in [0, 0.05) is 37.8 Å². The smallest absolute Gasteiger partial charge is 0.326 e. The molecule has 8 nitrogen and oxygen atoms in total. The van der Waals surface area contributed by atoms with Crippen LogP contribution in [-0.4, -0.2) is 71.0 Å². The lowest BCUT2D eigenvalue weighted by atomic mass is 9.93. The van der Waals surface area contributed by atoms with Crippen molar-refractivity contribution in [3.8, 4) is 0 Å². The first kappa shape index (κ1) is 19.2. The number of benzene rings is 1. The van der Waals surface area contributed by atoms with Gasteiger partial charge in [0.1, 0.15) is 0 Å². The molecular formula is C20H28N4O4. The normalized spacial score (nSPS) is 23.8. The molecule has 2 aromatic rings. The lowest BCUT2D eigenvalue weighted by Crippen LogP contribution is -2.41. The van der Waals surface area contributed by atoms with Crippen molar-refractivity contribution in [2.75, 3.05) is 39.4 Å². The number of aromatic nitrogens is 2. The van der Waals surface area contributed by atoms with E-state index in [4.69, 9.17) is 4.74 Å². The van der Waals surface area contributed by atoms with Crippen molar-refractivity contribution in [1.29, 1.82) is 0 Å². The number of aromatic amines is 1. The van der Waals surface area contributed by atoms with Gasteiger partial charge < -0.3 is 20.1 Å². The van der Waals surface area contributed by atoms with Crippen LogP contribution in [0.25, 0.3) is 11.0 Å². The van der Waals surface area contributed by atoms with Crippen LogP contribution in [-0.2, 0) is 4.74 Å². The molecule has 1 aliphatic carbocycles. The van der Waals surface area contributed by atoms with E-state index in [2.05, 4.69) is 15.2 Å². The van der Waals surface area contributed by atoms with E-state index >= 15 is 0 Å². The van der Waals surface area contributed by atoms with Crippen LogP contribution >= 0.6 is 0 Å². The number of ether oxygens (including phenoxy) is 1. The molecular weight excluding hydrogens is 360 g/mol. The van der Waals surface area contributed by atoms with Crippen LogP contribution in [0.4, 0.5) is 0 Å². The van der Waals surface area contributed by atoms with E-state index in [9.17, 15) is 14.7 Å². The molecule has 3 N–H and O–H groups in total. The molecule has 0 atom stereocenters. The fourth-order valence-electron chi connectivity index (χ4n) is 4.21. The highest BCUT2D eigenvalue weighted by Crippen LogP contribution is 2.29. The van der Waals surface area contributed by atoms with Gasteiger partial charge in [-0.15, -0.1) is 0 Å². The molecule has 1 amide bonds. The Morgan fingerprint density at radius 1 is 1.21 bits per heavy atom. The highest BCUT2D eigenvalue weighted by Gasteiger charge is 2.24. The van der Waals surface area contributed by atoms with Crippen LogP contribution in [0.5, 0.6) is 0 Å². The van der Waals surface area contributed by atoms with E-state index in [1.807, 2.05) is 6.07 Å². The molecule has 2 fully saturated rings. The Morgan fingerprint density at radius 2 is 1.96 bits per heavy atom. The summed E-state index contributed by atoms with van der Waals surface area (Å²) in [5.74, 6) is -0.135. The number of aliphatic hydroxyl groups is 1. The molecule has 4 rings (SSSR count). The van der Waals surface area contributed by atoms with Crippen molar-refractivity contribution < 1.29 is 14.6 Å². The monoisotopic (exact) mass is 388 g/mol. The van der Waals surface area contributed by atoms with Crippen molar-refractivity contribution >= 4 is 16.9 Å². The number of amides is 1. The summed E-state index contributed by atoms with van der Waals surface area (Å²) in [5, 5.41) is 12.7. The minimum atomic E-state index is -0.259. The maximum Gasteiger partial charge on any atom is 0.326 e. The van der Waals surface area contributed by atoms with Crippen molar-refractivity contribution in [3.05, 3.63) is 34.2 Å². The number of morpholine rings is 1. The quantitative estimate of drug-likeness (QED) is 0.706. The van der Waals surface area contributed by atoms with Gasteiger partial charge in [0.2, 0.25) is 0 Å². The largest absolute Gasteiger partial charge is 0.393 e. The minimum Gasteiger partial charge on any atom is -0.393 e. The van der Waals surface area contributed by atoms with E-state index in [1.54, 1.807) is 16.7 Å². The Morgan fingerprint density at radius 3 is 2.71 bits per heavy atom. The second kappa shape index (κ2) is 8.46. The molecule has 2 heterocycles. The van der Waals surface area contributed by atoms with Gasteiger partial charge in [-0.3, -0.25) is 14.3 Å². The van der Waals surface area contributed by atoms with Gasteiger partial charge in [0.05, 0.1) is 30.4 Å². The molecule has 1 saturated carbocycles. The van der Waals surface area contributed by atoms with Gasteiger partial charge in [0.25, 0.3) is 5.91 Å². The summed E-state index contributed by atoms with van der Waals surface area (Å²) in [7, 11) is 0. The van der Waals surface area contributed by atoms with Crippen LogP contribution in [0.3, 0.4) is 0 Å². The van der Waals surface area contributed by atoms with E-state index < -0.39 is 0 Å². The molecule has 8 heteroatoms. The summed E-state index contributed by atoms with van der Waals surface area (Å²) in [4.78, 5) is 30.1. The summed E-state index contributed by atoms with van der Waals surface area (Å²) in [6.07, 6.45) is 2.75. The number of rotatable bonds is 5. The first-order valence-corrected chi connectivity index (χ1v) is 10.1. The van der Waals surface area contributed by atoms with Crippen LogP contribution < -0.4 is 11.0 Å². The Kier molecular flexibility index (Phi) is 5.79. The zero-order chi connectivity index (χ0) is 19.5. The van der Waals surface area contributed by atoms with Crippen LogP contribution in [0.2, 0.25) is 0 Å². The summed E-state index contributed by atoms with van der Waals surface area (Å²) in [6, 6.07) is 5.45. The molecule has 1 saturated heterocycles. The van der Waals surface area contributed by atoms with Gasteiger partial charge in [-0.05, 0) is 43.9 Å². The van der Waals surface area contributed by atoms with Crippen molar-refractivity contribution in [3.63, 3.8) is 0 Å². The van der Waals surface area contributed by atoms with Gasteiger partial charge >= 0.3 is 5.69 Å². The molecule has 28 heavy (non-hydrogen) atoms. The maximum absolute atomic E-state index is 12.5. The molecule has 0 bridgehead atoms. The first-order chi connectivity index (χ1) is 13.6. The Labute approximate surface area is 163 Å². The molecule has 1 aromatic heterocycles. The van der Waals surface area contributed by atoms with Crippen molar-refractivity contribution in [2.24, 2.45) is 0 Å². The minimum absolute atomic E-state index is 0.0952. The number of imidazole rings is 1. The molecule has 152 valence electrons. The third-order valence-electron chi connectivity index (χ3n) is 5.83. The number of nitrogens with one attached hydrogen (secondary N) is 2. The Balaban J connectivity index is 1.43. The highest BCUT2D eigenvalue weighted by atomic mass is 16.5. The predicted octanol–water partition coefficient (Wildman–Crippen LogP) is 0.868. The maximum atomic E-state index is 12.5. The molecule has 0 spiro atoms. The number of carbonyl (C=O) groups is 1. The van der Waals surface area contributed by atoms with Crippen molar-refractivity contribution in [1.82, 2.24) is 19.8 Å². The lowest BCUT2D eigenvalue weighted by Gasteiger charge is -2.26. The van der Waals surface area contributed by atoms with Crippen LogP contribution in [0.1, 0.15) is 42.1 Å². The molecule has 2 aliphatic rings. The van der Waals surface area contributed by atoms with E-state index in [-0.39, 0.29) is 23.7 Å². The number of nitrogens with zero attached hydrogens (tertiary/aromatic N) is 2. The standard InChI is InChI=1S/C20H28N4O4/c25-16-4-2-15(3-5-16)24-18-6-1-14(13-17(18)22-20(24)27)19(26)21-7-8-23-9-11-28-12-10-23/h1,6,13,15-16,25H,2-5,7-12H2,(H,21,26)(H,22,27). The van der Waals surface area contributed by atoms with Gasteiger partial charge in [0.15, 0.2) is 0 Å². The fraction of sp³-hybridized carbons (Fsp3) is 0.600. The molecule has 1 aromatic carbocycles. The van der Waals surface area contributed by atoms with Gasteiger partial charge in [-0.2, -0.15) is 0 Å². The summed E-state index contributed by atoms with van der Waals surface area (Å²) in [6.45, 7) is 4.67. The molecule has 1 aliphatic heterocycles. The molecule has 0 unspecified atom stereocenters. The Bertz CT molecular complexity index is 876. The van der Waals surface area contributed by atoms with E-state index in [0.29, 0.717) is 30.5 Å². The zero-order valence-electron chi connectivity index (χ0n) is 16.0. The number of carbonyl (C=O) groups excluding carboxylic acids is 1. The number of hydrogen-bond acceptors (Lipinski definition) is 5. The third-order valence-corrected chi connectivity index (χ3v) is 5.83. The second-order valence-electron chi connectivity index (χ2n) is 7.70. The summed E-state index contributed by atoms with van der Waals surface area (Å²) < 4.78 is 7.10. The summed E-state index contributed by atoms with van der Waals surface area (Å²) >= 11 is 0. The average molecular weight is 388 g/mol. The van der Waals surface area contributed by atoms with Gasteiger partial charge in [-0.1, -0.05) is 0 Å². The first-order valence-electron chi connectivity index (χ1n) is 10.1. The average Bonchev–Trinajstić information content (AvgIpc) is 3.04. The fourth-order valence-corrected chi connectivity index (χ4v) is 4.21. The van der Waals surface area contributed by atoms with E-state index in [0.717, 1.165) is 51.2 Å². The predicted molar refractivity (Wildman–Crippen MR) is 106 cm³/mol. The van der Waals surface area contributed by atoms with Gasteiger partial charge in [-0.25, -0.2) is 4.79 Å². The zero-order valence-corrected chi connectivity index (χ0v) is 16.0. The topological polar surface area (TPSA) is 99.6 Å². The SMILES string of the molecule is O=C(NCCN1CCOCC1)c1ccc2c(c1)[nH]c(=O)n2C1CCC(O)CC1. The van der Waals surface area contributed by atoms with E-state index in [1.165, 1.54) is 0 Å².